The molecule has 0 saturated carbocycles. The van der Waals surface area contributed by atoms with Crippen LogP contribution >= 0.6 is 0 Å². The zero-order valence-electron chi connectivity index (χ0n) is 14.1. The number of hydrogen-bond acceptors (Lipinski definition) is 4. The van der Waals surface area contributed by atoms with Crippen molar-refractivity contribution in [3.05, 3.63) is 65.5 Å². The summed E-state index contributed by atoms with van der Waals surface area (Å²) >= 11 is 0. The minimum Gasteiger partial charge on any atom is -0.465 e. The smallest absolute Gasteiger partial charge is 0.338 e. The topological polar surface area (TPSA) is 59.5 Å². The number of carbonyl (C=O) groups is 2. The first kappa shape index (κ1) is 17.7. The first-order valence-corrected chi connectivity index (χ1v) is 8.04. The van der Waals surface area contributed by atoms with Gasteiger partial charge in [0.1, 0.15) is 0 Å². The van der Waals surface area contributed by atoms with Gasteiger partial charge >= 0.3 is 5.97 Å². The molecule has 126 valence electrons. The van der Waals surface area contributed by atoms with E-state index in [9.17, 15) is 9.59 Å². The summed E-state index contributed by atoms with van der Waals surface area (Å²) in [6.45, 7) is 3.10. The molecule has 0 aliphatic rings. The Kier molecular flexibility index (Phi) is 6.49. The summed E-state index contributed by atoms with van der Waals surface area (Å²) in [6.07, 6.45) is 3.57. The van der Waals surface area contributed by atoms with Gasteiger partial charge in [-0.3, -0.25) is 9.78 Å². The van der Waals surface area contributed by atoms with Crippen LogP contribution in [0.15, 0.2) is 48.7 Å². The van der Waals surface area contributed by atoms with Gasteiger partial charge < -0.3 is 9.64 Å². The van der Waals surface area contributed by atoms with Crippen LogP contribution in [0.5, 0.6) is 0 Å². The Labute approximate surface area is 142 Å². The van der Waals surface area contributed by atoms with Crippen LogP contribution < -0.4 is 0 Å². The molecule has 0 N–H and O–H groups in total. The molecule has 0 radical (unpaired) electrons. The average molecular weight is 326 g/mol. The molecule has 5 nitrogen and oxygen atoms in total. The summed E-state index contributed by atoms with van der Waals surface area (Å²) in [5.74, 6) is -0.692. The number of hydrogen-bond donors (Lipinski definition) is 0. The summed E-state index contributed by atoms with van der Waals surface area (Å²) in [4.78, 5) is 30.9. The quantitative estimate of drug-likeness (QED) is 0.732. The van der Waals surface area contributed by atoms with E-state index >= 15 is 0 Å². The van der Waals surface area contributed by atoms with E-state index in [0.29, 0.717) is 18.7 Å². The van der Waals surface area contributed by atoms with E-state index in [1.165, 1.54) is 7.11 Å². The predicted molar refractivity (Wildman–Crippen MR) is 91.7 cm³/mol. The monoisotopic (exact) mass is 326 g/mol. The molecule has 2 rings (SSSR count). The molecule has 1 amide bonds. The molecule has 0 saturated heterocycles. The predicted octanol–water partition coefficient (Wildman–Crippen LogP) is 3.31. The third-order valence-electron chi connectivity index (χ3n) is 3.71. The zero-order valence-corrected chi connectivity index (χ0v) is 14.1. The maximum Gasteiger partial charge on any atom is 0.338 e. The minimum absolute atomic E-state index is 0.185. The van der Waals surface area contributed by atoms with Crippen molar-refractivity contribution in [2.24, 2.45) is 0 Å². The summed E-state index contributed by atoms with van der Waals surface area (Å²) in [5.41, 5.74) is 1.46. The van der Waals surface area contributed by atoms with Crippen LogP contribution in [0.1, 0.15) is 46.2 Å². The van der Waals surface area contributed by atoms with Crippen LogP contribution in [0.4, 0.5) is 0 Å². The molecule has 0 fully saturated rings. The molecule has 0 atom stereocenters. The lowest BCUT2D eigenvalue weighted by Gasteiger charge is -2.23. The summed E-state index contributed by atoms with van der Waals surface area (Å²) in [5, 5.41) is 0. The fourth-order valence-electron chi connectivity index (χ4n) is 2.42. The summed E-state index contributed by atoms with van der Waals surface area (Å²) in [7, 11) is 1.31. The Bertz CT molecular complexity index is 686. The molecule has 0 bridgehead atoms. The maximum absolute atomic E-state index is 13.0. The van der Waals surface area contributed by atoms with Crippen LogP contribution in [0, 0.1) is 0 Å². The van der Waals surface area contributed by atoms with Gasteiger partial charge in [-0.15, -0.1) is 0 Å². The third kappa shape index (κ3) is 4.41. The van der Waals surface area contributed by atoms with Gasteiger partial charge in [0, 0.05) is 12.7 Å². The number of nitrogens with zero attached hydrogens (tertiary/aromatic N) is 2. The SMILES string of the molecule is CCCCN(Cc1ccccn1)C(=O)c1ccccc1C(=O)OC. The van der Waals surface area contributed by atoms with Crippen LogP contribution in [-0.4, -0.2) is 35.4 Å². The van der Waals surface area contributed by atoms with Gasteiger partial charge in [0.25, 0.3) is 5.91 Å². The number of methoxy groups -OCH3 is 1. The number of carbonyl (C=O) groups excluding carboxylic acids is 2. The highest BCUT2D eigenvalue weighted by Crippen LogP contribution is 2.15. The van der Waals surface area contributed by atoms with Gasteiger partial charge in [0.2, 0.25) is 0 Å². The molecule has 1 aromatic carbocycles. The number of benzene rings is 1. The number of amides is 1. The second-order valence-electron chi connectivity index (χ2n) is 5.44. The first-order valence-electron chi connectivity index (χ1n) is 8.04. The summed E-state index contributed by atoms with van der Waals surface area (Å²) < 4.78 is 4.78. The first-order chi connectivity index (χ1) is 11.7. The van der Waals surface area contributed by atoms with Gasteiger partial charge in [0.15, 0.2) is 0 Å². The number of pyridine rings is 1. The van der Waals surface area contributed by atoms with Gasteiger partial charge in [-0.25, -0.2) is 4.79 Å². The molecule has 1 heterocycles. The lowest BCUT2D eigenvalue weighted by Crippen LogP contribution is -2.33. The van der Waals surface area contributed by atoms with Crippen LogP contribution in [0.3, 0.4) is 0 Å². The van der Waals surface area contributed by atoms with Crippen LogP contribution in [-0.2, 0) is 11.3 Å². The van der Waals surface area contributed by atoms with E-state index in [4.69, 9.17) is 4.74 Å². The van der Waals surface area contributed by atoms with E-state index in [-0.39, 0.29) is 11.5 Å². The lowest BCUT2D eigenvalue weighted by molar-refractivity contribution is 0.0589. The lowest BCUT2D eigenvalue weighted by atomic mass is 10.1. The number of ether oxygens (including phenoxy) is 1. The Morgan fingerprint density at radius 1 is 1.08 bits per heavy atom. The molecule has 24 heavy (non-hydrogen) atoms. The Morgan fingerprint density at radius 3 is 2.42 bits per heavy atom. The van der Waals surface area contributed by atoms with Crippen molar-refractivity contribution in [2.75, 3.05) is 13.7 Å². The van der Waals surface area contributed by atoms with Crippen molar-refractivity contribution < 1.29 is 14.3 Å². The zero-order chi connectivity index (χ0) is 17.4. The largest absolute Gasteiger partial charge is 0.465 e. The second kappa shape index (κ2) is 8.82. The van der Waals surface area contributed by atoms with Gasteiger partial charge in [-0.05, 0) is 30.7 Å². The normalized spacial score (nSPS) is 10.2. The van der Waals surface area contributed by atoms with E-state index in [2.05, 4.69) is 11.9 Å². The third-order valence-corrected chi connectivity index (χ3v) is 3.71. The van der Waals surface area contributed by atoms with Crippen molar-refractivity contribution in [1.82, 2.24) is 9.88 Å². The van der Waals surface area contributed by atoms with Gasteiger partial charge in [0.05, 0.1) is 30.5 Å². The maximum atomic E-state index is 13.0. The molecular weight excluding hydrogens is 304 g/mol. The average Bonchev–Trinajstić information content (AvgIpc) is 2.64. The van der Waals surface area contributed by atoms with Crippen molar-refractivity contribution in [2.45, 2.75) is 26.3 Å². The van der Waals surface area contributed by atoms with Crippen molar-refractivity contribution in [1.29, 1.82) is 0 Å². The highest BCUT2D eigenvalue weighted by Gasteiger charge is 2.22. The van der Waals surface area contributed by atoms with Gasteiger partial charge in [-0.1, -0.05) is 31.5 Å². The van der Waals surface area contributed by atoms with Crippen LogP contribution in [0.25, 0.3) is 0 Å². The fourth-order valence-corrected chi connectivity index (χ4v) is 2.42. The Balaban J connectivity index is 2.29. The molecule has 0 spiro atoms. The minimum atomic E-state index is -0.507. The van der Waals surface area contributed by atoms with Gasteiger partial charge in [-0.2, -0.15) is 0 Å². The Hall–Kier alpha value is -2.69. The number of unbranched alkanes of at least 4 members (excludes halogenated alkanes) is 1. The van der Waals surface area contributed by atoms with E-state index < -0.39 is 5.97 Å². The molecular formula is C19H22N2O3. The number of esters is 1. The number of aromatic nitrogens is 1. The Morgan fingerprint density at radius 2 is 1.79 bits per heavy atom. The van der Waals surface area contributed by atoms with Crippen molar-refractivity contribution in [3.63, 3.8) is 0 Å². The second-order valence-corrected chi connectivity index (χ2v) is 5.44. The standard InChI is InChI=1S/C19H22N2O3/c1-3-4-13-21(14-15-9-7-8-12-20-15)18(22)16-10-5-6-11-17(16)19(23)24-2/h5-12H,3-4,13-14H2,1-2H3. The molecule has 0 unspecified atom stereocenters. The van der Waals surface area contributed by atoms with Crippen molar-refractivity contribution >= 4 is 11.9 Å². The van der Waals surface area contributed by atoms with E-state index in [0.717, 1.165) is 18.5 Å². The fraction of sp³-hybridized carbons (Fsp3) is 0.316. The summed E-state index contributed by atoms with van der Waals surface area (Å²) in [6, 6.07) is 12.4. The highest BCUT2D eigenvalue weighted by molar-refractivity contribution is 6.05. The molecule has 1 aromatic heterocycles. The van der Waals surface area contributed by atoms with Crippen molar-refractivity contribution in [3.8, 4) is 0 Å². The molecule has 0 aliphatic heterocycles. The van der Waals surface area contributed by atoms with E-state index in [1.807, 2.05) is 18.2 Å². The molecule has 5 heteroatoms. The van der Waals surface area contributed by atoms with E-state index in [1.54, 1.807) is 35.4 Å². The highest BCUT2D eigenvalue weighted by atomic mass is 16.5. The number of rotatable bonds is 7. The molecule has 0 aliphatic carbocycles. The molecule has 2 aromatic rings. The van der Waals surface area contributed by atoms with Crippen LogP contribution in [0.2, 0.25) is 0 Å².